The van der Waals surface area contributed by atoms with Crippen LogP contribution in [-0.2, 0) is 4.79 Å². The quantitative estimate of drug-likeness (QED) is 0.716. The minimum atomic E-state index is -0.854. The van der Waals surface area contributed by atoms with Gasteiger partial charge in [0.05, 0.1) is 23.4 Å². The summed E-state index contributed by atoms with van der Waals surface area (Å²) in [6.07, 6.45) is 1.37. The lowest BCUT2D eigenvalue weighted by atomic mass is 10.0. The van der Waals surface area contributed by atoms with Crippen LogP contribution in [0.4, 0.5) is 4.39 Å². The van der Waals surface area contributed by atoms with Crippen molar-refractivity contribution in [1.29, 1.82) is 0 Å². The Morgan fingerprint density at radius 1 is 1.37 bits per heavy atom. The fourth-order valence-electron chi connectivity index (χ4n) is 3.70. The highest BCUT2D eigenvalue weighted by Crippen LogP contribution is 2.39. The molecule has 0 spiro atoms. The third-order valence-corrected chi connectivity index (χ3v) is 6.04. The molecule has 2 atom stereocenters. The predicted octanol–water partition coefficient (Wildman–Crippen LogP) is 4.08. The van der Waals surface area contributed by atoms with Crippen LogP contribution >= 0.6 is 11.3 Å². The van der Waals surface area contributed by atoms with E-state index in [-0.39, 0.29) is 5.75 Å². The number of halogens is 1. The Hall–Kier alpha value is -2.51. The number of aliphatic carboxylic acids is 1. The zero-order valence-electron chi connectivity index (χ0n) is 14.8. The number of nitrogens with zero attached hydrogens (tertiary/aromatic N) is 2. The summed E-state index contributed by atoms with van der Waals surface area (Å²) in [4.78, 5) is 18.4. The lowest BCUT2D eigenvalue weighted by Gasteiger charge is -2.30. The van der Waals surface area contributed by atoms with Gasteiger partial charge in [0, 0.05) is 6.54 Å². The van der Waals surface area contributed by atoms with E-state index in [2.05, 4.69) is 0 Å². The van der Waals surface area contributed by atoms with Gasteiger partial charge >= 0.3 is 5.97 Å². The summed E-state index contributed by atoms with van der Waals surface area (Å²) in [7, 11) is 1.42. The second kappa shape index (κ2) is 7.25. The normalized spacial score (nSPS) is 18.7. The molecule has 1 aromatic heterocycles. The topological polar surface area (TPSA) is 62.7 Å². The number of methoxy groups -OCH3 is 1. The second-order valence-electron chi connectivity index (χ2n) is 6.55. The van der Waals surface area contributed by atoms with E-state index in [4.69, 9.17) is 9.72 Å². The lowest BCUT2D eigenvalue weighted by Crippen LogP contribution is -2.39. The molecule has 7 heteroatoms. The van der Waals surface area contributed by atoms with Crippen molar-refractivity contribution >= 4 is 27.5 Å². The minimum Gasteiger partial charge on any atom is -0.494 e. The highest BCUT2D eigenvalue weighted by Gasteiger charge is 2.38. The molecule has 2 unspecified atom stereocenters. The van der Waals surface area contributed by atoms with Gasteiger partial charge in [0.25, 0.3) is 0 Å². The third kappa shape index (κ3) is 3.28. The van der Waals surface area contributed by atoms with Crippen molar-refractivity contribution in [2.24, 2.45) is 0 Å². The molecule has 3 aromatic rings. The number of para-hydroxylation sites is 1. The number of thiazole rings is 1. The second-order valence-corrected chi connectivity index (χ2v) is 7.61. The Balaban J connectivity index is 1.84. The van der Waals surface area contributed by atoms with E-state index in [0.717, 1.165) is 21.6 Å². The first-order chi connectivity index (χ1) is 13.1. The summed E-state index contributed by atoms with van der Waals surface area (Å²) in [5.74, 6) is -1.15. The van der Waals surface area contributed by atoms with Gasteiger partial charge in [0.1, 0.15) is 11.0 Å². The van der Waals surface area contributed by atoms with E-state index in [9.17, 15) is 14.3 Å². The van der Waals surface area contributed by atoms with Gasteiger partial charge in [0.15, 0.2) is 11.6 Å². The van der Waals surface area contributed by atoms with Gasteiger partial charge in [-0.2, -0.15) is 0 Å². The zero-order valence-corrected chi connectivity index (χ0v) is 15.6. The number of carbonyl (C=O) groups is 1. The molecule has 2 heterocycles. The van der Waals surface area contributed by atoms with Gasteiger partial charge in [-0.3, -0.25) is 9.69 Å². The molecule has 0 aliphatic carbocycles. The maximum atomic E-state index is 14.4. The lowest BCUT2D eigenvalue weighted by molar-refractivity contribution is -0.142. The SMILES string of the molecule is COc1ccc(C(c2nc3ccccc3s2)N2CCCC2C(=O)O)cc1F. The molecule has 1 N–H and O–H groups in total. The van der Waals surface area contributed by atoms with Crippen molar-refractivity contribution in [2.45, 2.75) is 24.9 Å². The van der Waals surface area contributed by atoms with E-state index in [1.807, 2.05) is 29.2 Å². The minimum absolute atomic E-state index is 0.165. The summed E-state index contributed by atoms with van der Waals surface area (Å²) in [6.45, 7) is 0.630. The number of fused-ring (bicyclic) bond motifs is 1. The number of carboxylic acid groups (broad SMARTS) is 1. The van der Waals surface area contributed by atoms with Crippen molar-refractivity contribution < 1.29 is 19.0 Å². The maximum absolute atomic E-state index is 14.4. The first kappa shape index (κ1) is 17.9. The average molecular weight is 386 g/mol. The van der Waals surface area contributed by atoms with Gasteiger partial charge in [-0.15, -0.1) is 11.3 Å². The predicted molar refractivity (Wildman–Crippen MR) is 102 cm³/mol. The Bertz CT molecular complexity index is 957. The number of rotatable bonds is 5. The maximum Gasteiger partial charge on any atom is 0.320 e. The fourth-order valence-corrected chi connectivity index (χ4v) is 4.82. The van der Waals surface area contributed by atoms with E-state index in [0.29, 0.717) is 18.5 Å². The molecule has 140 valence electrons. The fraction of sp³-hybridized carbons (Fsp3) is 0.300. The van der Waals surface area contributed by atoms with Crippen LogP contribution in [0.2, 0.25) is 0 Å². The first-order valence-electron chi connectivity index (χ1n) is 8.76. The van der Waals surface area contributed by atoms with Crippen molar-refractivity contribution in [1.82, 2.24) is 9.88 Å². The Morgan fingerprint density at radius 2 is 2.19 bits per heavy atom. The molecule has 4 rings (SSSR count). The Labute approximate surface area is 160 Å². The van der Waals surface area contributed by atoms with Gasteiger partial charge in [-0.25, -0.2) is 9.37 Å². The summed E-state index contributed by atoms with van der Waals surface area (Å²) in [5.41, 5.74) is 1.54. The molecular weight excluding hydrogens is 367 g/mol. The number of likely N-dealkylation sites (tertiary alicyclic amines) is 1. The van der Waals surface area contributed by atoms with Crippen molar-refractivity contribution in [3.8, 4) is 5.75 Å². The molecule has 1 aliphatic heterocycles. The Morgan fingerprint density at radius 3 is 2.89 bits per heavy atom. The van der Waals surface area contributed by atoms with Gasteiger partial charge in [-0.1, -0.05) is 18.2 Å². The molecule has 1 aliphatic rings. The van der Waals surface area contributed by atoms with E-state index in [1.165, 1.54) is 24.5 Å². The molecule has 5 nitrogen and oxygen atoms in total. The summed E-state index contributed by atoms with van der Waals surface area (Å²) < 4.78 is 20.4. The summed E-state index contributed by atoms with van der Waals surface area (Å²) in [5, 5.41) is 10.4. The highest BCUT2D eigenvalue weighted by molar-refractivity contribution is 7.18. The van der Waals surface area contributed by atoms with Crippen LogP contribution in [0, 0.1) is 5.82 Å². The van der Waals surface area contributed by atoms with Crippen LogP contribution < -0.4 is 4.74 Å². The monoisotopic (exact) mass is 386 g/mol. The van der Waals surface area contributed by atoms with Crippen molar-refractivity contribution in [2.75, 3.05) is 13.7 Å². The number of hydrogen-bond donors (Lipinski definition) is 1. The molecule has 1 saturated heterocycles. The summed E-state index contributed by atoms with van der Waals surface area (Å²) >= 11 is 1.52. The van der Waals surface area contributed by atoms with Gasteiger partial charge in [-0.05, 0) is 42.7 Å². The molecule has 0 radical (unpaired) electrons. The summed E-state index contributed by atoms with van der Waals surface area (Å²) in [6, 6.07) is 11.6. The zero-order chi connectivity index (χ0) is 19.0. The number of hydrogen-bond acceptors (Lipinski definition) is 5. The molecule has 0 amide bonds. The number of aromatic nitrogens is 1. The smallest absolute Gasteiger partial charge is 0.320 e. The van der Waals surface area contributed by atoms with E-state index in [1.54, 1.807) is 12.1 Å². The average Bonchev–Trinajstić information content (AvgIpc) is 3.29. The molecule has 2 aromatic carbocycles. The molecule has 1 fully saturated rings. The molecular formula is C20H19FN2O3S. The third-order valence-electron chi connectivity index (χ3n) is 4.95. The molecule has 0 saturated carbocycles. The van der Waals surface area contributed by atoms with E-state index < -0.39 is 23.9 Å². The largest absolute Gasteiger partial charge is 0.494 e. The van der Waals surface area contributed by atoms with Crippen LogP contribution in [0.15, 0.2) is 42.5 Å². The first-order valence-corrected chi connectivity index (χ1v) is 9.57. The standard InChI is InChI=1S/C20H19FN2O3S/c1-26-16-9-8-12(11-13(16)21)18(23-10-4-6-15(23)20(24)25)19-22-14-5-2-3-7-17(14)27-19/h2-3,5,7-9,11,15,18H,4,6,10H2,1H3,(H,24,25). The number of carboxylic acids is 1. The van der Waals surface area contributed by atoms with Crippen LogP contribution in [-0.4, -0.2) is 40.7 Å². The van der Waals surface area contributed by atoms with Gasteiger partial charge < -0.3 is 9.84 Å². The number of benzene rings is 2. The number of ether oxygens (including phenoxy) is 1. The Kier molecular flexibility index (Phi) is 4.80. The van der Waals surface area contributed by atoms with Crippen molar-refractivity contribution in [3.05, 3.63) is 58.9 Å². The van der Waals surface area contributed by atoms with Crippen LogP contribution in [0.1, 0.15) is 29.5 Å². The molecule has 0 bridgehead atoms. The van der Waals surface area contributed by atoms with Crippen LogP contribution in [0.3, 0.4) is 0 Å². The highest BCUT2D eigenvalue weighted by atomic mass is 32.1. The van der Waals surface area contributed by atoms with E-state index >= 15 is 0 Å². The van der Waals surface area contributed by atoms with Crippen LogP contribution in [0.5, 0.6) is 5.75 Å². The van der Waals surface area contributed by atoms with Gasteiger partial charge in [0.2, 0.25) is 0 Å². The van der Waals surface area contributed by atoms with Crippen LogP contribution in [0.25, 0.3) is 10.2 Å². The molecule has 27 heavy (non-hydrogen) atoms. The van der Waals surface area contributed by atoms with Crippen molar-refractivity contribution in [3.63, 3.8) is 0 Å².